The Balaban J connectivity index is 3.89. The van der Waals surface area contributed by atoms with E-state index in [1.165, 1.54) is 0 Å². The van der Waals surface area contributed by atoms with Gasteiger partial charge in [-0.15, -0.1) is 0 Å². The van der Waals surface area contributed by atoms with E-state index in [1.807, 2.05) is 20.8 Å². The molecular weight excluding hydrogens is 192 g/mol. The smallest absolute Gasteiger partial charge is 0.428 e. The molecule has 78 valence electrons. The van der Waals surface area contributed by atoms with Crippen LogP contribution < -0.4 is 0 Å². The summed E-state index contributed by atoms with van der Waals surface area (Å²) in [5.41, 5.74) is -1.12. The Morgan fingerprint density at radius 2 is 2.08 bits per heavy atom. The summed E-state index contributed by atoms with van der Waals surface area (Å²) < 4.78 is 9.68. The van der Waals surface area contributed by atoms with Gasteiger partial charge < -0.3 is 9.47 Å². The van der Waals surface area contributed by atoms with Crippen molar-refractivity contribution < 1.29 is 14.3 Å². The van der Waals surface area contributed by atoms with Gasteiger partial charge in [0.25, 0.3) is 0 Å². The fourth-order valence-electron chi connectivity index (χ4n) is 1.04. The molecule has 1 atom stereocenters. The Labute approximate surface area is 84.4 Å². The normalized spacial score (nSPS) is 13.6. The highest BCUT2D eigenvalue weighted by atomic mass is 35.5. The third kappa shape index (κ3) is 6.70. The SMILES string of the molecule is CCCC(C)(C)OC(=O)OC(C)Cl. The van der Waals surface area contributed by atoms with E-state index in [4.69, 9.17) is 16.3 Å². The molecule has 0 fully saturated rings. The van der Waals surface area contributed by atoms with Crippen LogP contribution in [0.2, 0.25) is 0 Å². The summed E-state index contributed by atoms with van der Waals surface area (Å²) in [6, 6.07) is 0. The van der Waals surface area contributed by atoms with Gasteiger partial charge in [0.1, 0.15) is 5.60 Å². The van der Waals surface area contributed by atoms with Crippen molar-refractivity contribution in [3.63, 3.8) is 0 Å². The van der Waals surface area contributed by atoms with E-state index in [1.54, 1.807) is 6.92 Å². The fourth-order valence-corrected chi connectivity index (χ4v) is 1.11. The first-order valence-corrected chi connectivity index (χ1v) is 4.84. The predicted molar refractivity (Wildman–Crippen MR) is 51.9 cm³/mol. The second-order valence-electron chi connectivity index (χ2n) is 3.52. The van der Waals surface area contributed by atoms with Crippen LogP contribution in [-0.2, 0) is 9.47 Å². The molecule has 13 heavy (non-hydrogen) atoms. The molecule has 0 N–H and O–H groups in total. The van der Waals surface area contributed by atoms with Crippen molar-refractivity contribution in [2.24, 2.45) is 0 Å². The van der Waals surface area contributed by atoms with Gasteiger partial charge in [-0.2, -0.15) is 0 Å². The molecule has 0 aliphatic rings. The standard InChI is InChI=1S/C9H17ClO3/c1-5-6-9(3,4)13-8(11)12-7(2)10/h7H,5-6H2,1-4H3. The van der Waals surface area contributed by atoms with Crippen LogP contribution in [0.25, 0.3) is 0 Å². The molecule has 0 aromatic rings. The van der Waals surface area contributed by atoms with Crippen LogP contribution in [0, 0.1) is 0 Å². The third-order valence-corrected chi connectivity index (χ3v) is 1.56. The van der Waals surface area contributed by atoms with E-state index in [2.05, 4.69) is 4.74 Å². The average Bonchev–Trinajstić information content (AvgIpc) is 1.81. The van der Waals surface area contributed by atoms with Crippen LogP contribution in [0.5, 0.6) is 0 Å². The van der Waals surface area contributed by atoms with Crippen LogP contribution in [0.3, 0.4) is 0 Å². The number of hydrogen-bond acceptors (Lipinski definition) is 3. The van der Waals surface area contributed by atoms with Crippen molar-refractivity contribution in [3.8, 4) is 0 Å². The Morgan fingerprint density at radius 1 is 1.54 bits per heavy atom. The minimum atomic E-state index is -0.707. The number of halogens is 1. The molecule has 0 saturated heterocycles. The van der Waals surface area contributed by atoms with Crippen LogP contribution in [-0.4, -0.2) is 17.3 Å². The van der Waals surface area contributed by atoms with Crippen LogP contribution in [0.15, 0.2) is 0 Å². The summed E-state index contributed by atoms with van der Waals surface area (Å²) in [5.74, 6) is 0. The highest BCUT2D eigenvalue weighted by Gasteiger charge is 2.23. The van der Waals surface area contributed by atoms with E-state index < -0.39 is 17.3 Å². The lowest BCUT2D eigenvalue weighted by molar-refractivity contribution is -0.0237. The monoisotopic (exact) mass is 208 g/mol. The van der Waals surface area contributed by atoms with E-state index in [9.17, 15) is 4.79 Å². The van der Waals surface area contributed by atoms with Gasteiger partial charge >= 0.3 is 6.16 Å². The molecule has 0 aliphatic carbocycles. The lowest BCUT2D eigenvalue weighted by atomic mass is 10.0. The molecule has 0 bridgehead atoms. The lowest BCUT2D eigenvalue weighted by Gasteiger charge is -2.24. The fraction of sp³-hybridized carbons (Fsp3) is 0.889. The summed E-state index contributed by atoms with van der Waals surface area (Å²) in [7, 11) is 0. The first-order valence-electron chi connectivity index (χ1n) is 4.41. The molecule has 0 rings (SSSR count). The van der Waals surface area contributed by atoms with Crippen molar-refractivity contribution >= 4 is 17.8 Å². The molecule has 4 heteroatoms. The van der Waals surface area contributed by atoms with Gasteiger partial charge in [0.05, 0.1) is 0 Å². The molecule has 0 heterocycles. The molecule has 0 spiro atoms. The minimum absolute atomic E-state index is 0.475. The van der Waals surface area contributed by atoms with Crippen molar-refractivity contribution in [1.29, 1.82) is 0 Å². The van der Waals surface area contributed by atoms with Crippen molar-refractivity contribution in [2.75, 3.05) is 0 Å². The molecule has 0 saturated carbocycles. The summed E-state index contributed by atoms with van der Waals surface area (Å²) in [6.07, 6.45) is 1.05. The number of carbonyl (C=O) groups excluding carboxylic acids is 1. The first kappa shape index (κ1) is 12.6. The highest BCUT2D eigenvalue weighted by Crippen LogP contribution is 2.17. The molecular formula is C9H17ClO3. The maximum Gasteiger partial charge on any atom is 0.510 e. The van der Waals surface area contributed by atoms with Gasteiger partial charge in [-0.1, -0.05) is 24.9 Å². The molecule has 3 nitrogen and oxygen atoms in total. The lowest BCUT2D eigenvalue weighted by Crippen LogP contribution is -2.29. The quantitative estimate of drug-likeness (QED) is 0.525. The van der Waals surface area contributed by atoms with Crippen molar-refractivity contribution in [1.82, 2.24) is 0 Å². The Hall–Kier alpha value is -0.440. The van der Waals surface area contributed by atoms with Crippen molar-refractivity contribution in [2.45, 2.75) is 51.7 Å². The molecule has 0 aliphatic heterocycles. The van der Waals surface area contributed by atoms with Gasteiger partial charge in [-0.25, -0.2) is 4.79 Å². The highest BCUT2D eigenvalue weighted by molar-refractivity contribution is 6.19. The van der Waals surface area contributed by atoms with Crippen LogP contribution in [0.1, 0.15) is 40.5 Å². The molecule has 0 amide bonds. The number of rotatable bonds is 4. The number of carbonyl (C=O) groups is 1. The number of hydrogen-bond donors (Lipinski definition) is 0. The maximum absolute atomic E-state index is 11.0. The Morgan fingerprint density at radius 3 is 2.46 bits per heavy atom. The third-order valence-electron chi connectivity index (χ3n) is 1.47. The zero-order chi connectivity index (χ0) is 10.5. The average molecular weight is 209 g/mol. The van der Waals surface area contributed by atoms with Gasteiger partial charge in [-0.05, 0) is 27.2 Å². The second kappa shape index (κ2) is 5.32. The first-order chi connectivity index (χ1) is 5.87. The Kier molecular flexibility index (Phi) is 5.14. The van der Waals surface area contributed by atoms with E-state index in [0.717, 1.165) is 12.8 Å². The number of alkyl halides is 1. The van der Waals surface area contributed by atoms with E-state index >= 15 is 0 Å². The van der Waals surface area contributed by atoms with Gasteiger partial charge in [0, 0.05) is 0 Å². The zero-order valence-corrected chi connectivity index (χ0v) is 9.35. The Bertz CT molecular complexity index is 166. The summed E-state index contributed by atoms with van der Waals surface area (Å²) in [5, 5.41) is 0. The van der Waals surface area contributed by atoms with Crippen LogP contribution >= 0.6 is 11.6 Å². The van der Waals surface area contributed by atoms with E-state index in [-0.39, 0.29) is 0 Å². The molecule has 0 radical (unpaired) electrons. The minimum Gasteiger partial charge on any atom is -0.428 e. The number of ether oxygens (including phenoxy) is 2. The topological polar surface area (TPSA) is 35.5 Å². The van der Waals surface area contributed by atoms with Crippen LogP contribution in [0.4, 0.5) is 4.79 Å². The summed E-state index contributed by atoms with van der Waals surface area (Å²) in [6.45, 7) is 7.28. The van der Waals surface area contributed by atoms with Gasteiger partial charge in [0.2, 0.25) is 0 Å². The van der Waals surface area contributed by atoms with E-state index in [0.29, 0.717) is 0 Å². The van der Waals surface area contributed by atoms with Crippen molar-refractivity contribution in [3.05, 3.63) is 0 Å². The second-order valence-corrected chi connectivity index (χ2v) is 4.14. The van der Waals surface area contributed by atoms with Gasteiger partial charge in [0.15, 0.2) is 5.56 Å². The molecule has 1 unspecified atom stereocenters. The predicted octanol–water partition coefficient (Wildman–Crippen LogP) is 3.30. The molecule has 0 aromatic heterocycles. The largest absolute Gasteiger partial charge is 0.510 e. The summed E-state index contributed by atoms with van der Waals surface area (Å²) in [4.78, 5) is 11.0. The maximum atomic E-state index is 11.0. The molecule has 0 aromatic carbocycles. The van der Waals surface area contributed by atoms with Gasteiger partial charge in [-0.3, -0.25) is 0 Å². The summed E-state index contributed by atoms with van der Waals surface area (Å²) >= 11 is 5.46. The zero-order valence-electron chi connectivity index (χ0n) is 8.59.